The zero-order chi connectivity index (χ0) is 13.3. The first-order chi connectivity index (χ1) is 8.37. The predicted molar refractivity (Wildman–Crippen MR) is 70.4 cm³/mol. The fourth-order valence-corrected chi connectivity index (χ4v) is 3.70. The molecule has 0 aromatic heterocycles. The van der Waals surface area contributed by atoms with Crippen LogP contribution in [0.25, 0.3) is 0 Å². The Balaban J connectivity index is 2.05. The molecule has 1 saturated carbocycles. The summed E-state index contributed by atoms with van der Waals surface area (Å²) in [6.07, 6.45) is 0.984. The maximum Gasteiger partial charge on any atom is 0.240 e. The molecule has 1 aromatic rings. The van der Waals surface area contributed by atoms with Gasteiger partial charge in [-0.1, -0.05) is 23.2 Å². The highest BCUT2D eigenvalue weighted by Crippen LogP contribution is 2.27. The van der Waals surface area contributed by atoms with Gasteiger partial charge in [0.2, 0.25) is 10.0 Å². The van der Waals surface area contributed by atoms with Crippen molar-refractivity contribution < 1.29 is 13.5 Å². The summed E-state index contributed by atoms with van der Waals surface area (Å²) in [4.78, 5) is 0.0554. The summed E-state index contributed by atoms with van der Waals surface area (Å²) in [6, 6.07) is 4.18. The lowest BCUT2D eigenvalue weighted by Gasteiger charge is -2.31. The Kier molecular flexibility index (Phi) is 4.18. The Labute approximate surface area is 116 Å². The molecular formula is C11H13Cl2NO3S. The number of hydrogen-bond donors (Lipinski definition) is 2. The molecule has 18 heavy (non-hydrogen) atoms. The van der Waals surface area contributed by atoms with Gasteiger partial charge >= 0.3 is 0 Å². The number of benzene rings is 1. The standard InChI is InChI=1S/C11H13Cl2NO3S/c12-8-3-9(13)5-11(4-8)18(16,17)14-6-7-1-10(15)2-7/h3-5,7,10,14-15H,1-2,6H2. The highest BCUT2D eigenvalue weighted by Gasteiger charge is 2.28. The molecule has 0 spiro atoms. The first-order valence-electron chi connectivity index (χ1n) is 5.50. The van der Waals surface area contributed by atoms with Crippen molar-refractivity contribution in [1.82, 2.24) is 4.72 Å². The maximum atomic E-state index is 12.0. The van der Waals surface area contributed by atoms with Crippen LogP contribution in [0.4, 0.5) is 0 Å². The van der Waals surface area contributed by atoms with Gasteiger partial charge < -0.3 is 5.11 Å². The van der Waals surface area contributed by atoms with Crippen molar-refractivity contribution >= 4 is 33.2 Å². The summed E-state index contributed by atoms with van der Waals surface area (Å²) < 4.78 is 26.4. The van der Waals surface area contributed by atoms with E-state index in [9.17, 15) is 8.42 Å². The molecule has 1 aliphatic carbocycles. The van der Waals surface area contributed by atoms with Crippen LogP contribution in [-0.4, -0.2) is 26.2 Å². The van der Waals surface area contributed by atoms with Crippen LogP contribution in [0, 0.1) is 5.92 Å². The van der Waals surface area contributed by atoms with Gasteiger partial charge in [0.15, 0.2) is 0 Å². The van der Waals surface area contributed by atoms with E-state index in [0.29, 0.717) is 19.4 Å². The number of rotatable bonds is 4. The van der Waals surface area contributed by atoms with Crippen LogP contribution >= 0.6 is 23.2 Å². The summed E-state index contributed by atoms with van der Waals surface area (Å²) in [5.41, 5.74) is 0. The van der Waals surface area contributed by atoms with E-state index in [1.54, 1.807) is 0 Å². The van der Waals surface area contributed by atoms with Gasteiger partial charge in [-0.25, -0.2) is 13.1 Å². The molecule has 1 fully saturated rings. The number of aliphatic hydroxyl groups excluding tert-OH is 1. The van der Waals surface area contributed by atoms with Crippen molar-refractivity contribution in [2.24, 2.45) is 5.92 Å². The summed E-state index contributed by atoms with van der Waals surface area (Å²) >= 11 is 11.5. The molecule has 1 aromatic carbocycles. The number of aliphatic hydroxyl groups is 1. The second-order valence-electron chi connectivity index (χ2n) is 4.45. The van der Waals surface area contributed by atoms with E-state index < -0.39 is 10.0 Å². The highest BCUT2D eigenvalue weighted by molar-refractivity contribution is 7.89. The first kappa shape index (κ1) is 14.1. The minimum absolute atomic E-state index is 0.0554. The Morgan fingerprint density at radius 2 is 1.78 bits per heavy atom. The van der Waals surface area contributed by atoms with Crippen LogP contribution in [0.3, 0.4) is 0 Å². The molecule has 0 heterocycles. The van der Waals surface area contributed by atoms with Gasteiger partial charge in [0.25, 0.3) is 0 Å². The normalized spacial score (nSPS) is 23.7. The first-order valence-corrected chi connectivity index (χ1v) is 7.74. The molecule has 7 heteroatoms. The largest absolute Gasteiger partial charge is 0.393 e. The summed E-state index contributed by atoms with van der Waals surface area (Å²) in [7, 11) is -3.59. The van der Waals surface area contributed by atoms with Gasteiger partial charge in [0, 0.05) is 16.6 Å². The molecule has 4 nitrogen and oxygen atoms in total. The molecule has 2 N–H and O–H groups in total. The van der Waals surface area contributed by atoms with Gasteiger partial charge in [-0.15, -0.1) is 0 Å². The molecule has 0 bridgehead atoms. The van der Waals surface area contributed by atoms with Gasteiger partial charge in [-0.2, -0.15) is 0 Å². The fraction of sp³-hybridized carbons (Fsp3) is 0.455. The second kappa shape index (κ2) is 5.35. The number of hydrogen-bond acceptors (Lipinski definition) is 3. The minimum atomic E-state index is -3.59. The van der Waals surface area contributed by atoms with Crippen molar-refractivity contribution in [2.75, 3.05) is 6.54 Å². The lowest BCUT2D eigenvalue weighted by atomic mass is 9.83. The molecular weight excluding hydrogens is 297 g/mol. The van der Waals surface area contributed by atoms with E-state index in [2.05, 4.69) is 4.72 Å². The van der Waals surface area contributed by atoms with Crippen LogP contribution in [0.1, 0.15) is 12.8 Å². The summed E-state index contributed by atoms with van der Waals surface area (Å²) in [5, 5.41) is 9.68. The van der Waals surface area contributed by atoms with E-state index in [1.807, 2.05) is 0 Å². The number of nitrogens with one attached hydrogen (secondary N) is 1. The quantitative estimate of drug-likeness (QED) is 0.894. The zero-order valence-corrected chi connectivity index (χ0v) is 11.8. The van der Waals surface area contributed by atoms with Crippen LogP contribution in [0.2, 0.25) is 10.0 Å². The molecule has 100 valence electrons. The van der Waals surface area contributed by atoms with Crippen molar-refractivity contribution in [3.8, 4) is 0 Å². The van der Waals surface area contributed by atoms with Gasteiger partial charge in [0.1, 0.15) is 0 Å². The predicted octanol–water partition coefficient (Wildman–Crippen LogP) is 2.04. The fourth-order valence-electron chi connectivity index (χ4n) is 1.86. The van der Waals surface area contributed by atoms with Crippen LogP contribution in [0.15, 0.2) is 23.1 Å². The van der Waals surface area contributed by atoms with Gasteiger partial charge in [0.05, 0.1) is 11.0 Å². The van der Waals surface area contributed by atoms with Crippen molar-refractivity contribution in [2.45, 2.75) is 23.8 Å². The lowest BCUT2D eigenvalue weighted by Crippen LogP contribution is -2.38. The maximum absolute atomic E-state index is 12.0. The monoisotopic (exact) mass is 309 g/mol. The third-order valence-corrected chi connectivity index (χ3v) is 4.76. The summed E-state index contributed by atoms with van der Waals surface area (Å²) in [6.45, 7) is 0.323. The van der Waals surface area contributed by atoms with Crippen LogP contribution < -0.4 is 4.72 Å². The molecule has 2 rings (SSSR count). The van der Waals surface area contributed by atoms with Crippen LogP contribution in [-0.2, 0) is 10.0 Å². The Morgan fingerprint density at radius 1 is 1.22 bits per heavy atom. The number of halogens is 2. The third kappa shape index (κ3) is 3.36. The van der Waals surface area contributed by atoms with Gasteiger partial charge in [-0.3, -0.25) is 0 Å². The minimum Gasteiger partial charge on any atom is -0.393 e. The summed E-state index contributed by atoms with van der Waals surface area (Å²) in [5.74, 6) is 0.199. The average Bonchev–Trinajstić information content (AvgIpc) is 2.21. The van der Waals surface area contributed by atoms with Crippen molar-refractivity contribution in [3.63, 3.8) is 0 Å². The van der Waals surface area contributed by atoms with E-state index in [0.717, 1.165) is 0 Å². The SMILES string of the molecule is O=S(=O)(NCC1CC(O)C1)c1cc(Cl)cc(Cl)c1. The third-order valence-electron chi connectivity index (χ3n) is 2.92. The number of sulfonamides is 1. The van der Waals surface area contributed by atoms with Crippen LogP contribution in [0.5, 0.6) is 0 Å². The molecule has 0 unspecified atom stereocenters. The molecule has 0 amide bonds. The topological polar surface area (TPSA) is 66.4 Å². The van der Waals surface area contributed by atoms with E-state index >= 15 is 0 Å². The van der Waals surface area contributed by atoms with E-state index in [4.69, 9.17) is 28.3 Å². The van der Waals surface area contributed by atoms with Crippen molar-refractivity contribution in [3.05, 3.63) is 28.2 Å². The molecule has 0 atom stereocenters. The second-order valence-corrected chi connectivity index (χ2v) is 7.09. The molecule has 0 radical (unpaired) electrons. The molecule has 0 saturated heterocycles. The smallest absolute Gasteiger partial charge is 0.240 e. The Hall–Kier alpha value is -0.330. The van der Waals surface area contributed by atoms with E-state index in [1.165, 1.54) is 18.2 Å². The lowest BCUT2D eigenvalue weighted by molar-refractivity contribution is 0.0453. The average molecular weight is 310 g/mol. The highest BCUT2D eigenvalue weighted by atomic mass is 35.5. The molecule has 0 aliphatic heterocycles. The zero-order valence-electron chi connectivity index (χ0n) is 9.44. The van der Waals surface area contributed by atoms with E-state index in [-0.39, 0.29) is 27.0 Å². The van der Waals surface area contributed by atoms with Crippen molar-refractivity contribution in [1.29, 1.82) is 0 Å². The Morgan fingerprint density at radius 3 is 2.28 bits per heavy atom. The Bertz CT molecular complexity index is 521. The molecule has 1 aliphatic rings. The van der Waals surface area contributed by atoms with Gasteiger partial charge in [-0.05, 0) is 37.0 Å².